The van der Waals surface area contributed by atoms with Crippen molar-refractivity contribution in [3.63, 3.8) is 0 Å². The van der Waals surface area contributed by atoms with Crippen LogP contribution in [0.4, 0.5) is 5.69 Å². The number of ether oxygens (including phenoxy) is 1. The lowest BCUT2D eigenvalue weighted by atomic mass is 9.78. The minimum atomic E-state index is -0.747. The van der Waals surface area contributed by atoms with E-state index in [1.54, 1.807) is 0 Å². The fraction of sp³-hybridized carbons (Fsp3) is 0.480. The van der Waals surface area contributed by atoms with Gasteiger partial charge in [0.2, 0.25) is 0 Å². The molecular weight excluding hydrogens is 376 g/mol. The Kier molecular flexibility index (Phi) is 7.51. The normalized spacial score (nSPS) is 23.0. The molecule has 5 nitrogen and oxygen atoms in total. The summed E-state index contributed by atoms with van der Waals surface area (Å²) in [6.07, 6.45) is 1.91. The van der Waals surface area contributed by atoms with Gasteiger partial charge in [0.15, 0.2) is 0 Å². The van der Waals surface area contributed by atoms with E-state index in [4.69, 9.17) is 4.74 Å². The maximum atomic E-state index is 12.9. The van der Waals surface area contributed by atoms with Gasteiger partial charge in [0, 0.05) is 31.2 Å². The van der Waals surface area contributed by atoms with Gasteiger partial charge in [-0.3, -0.25) is 0 Å². The first-order valence-corrected chi connectivity index (χ1v) is 10.9. The molecule has 2 N–H and O–H groups in total. The quantitative estimate of drug-likeness (QED) is 0.643. The first kappa shape index (κ1) is 22.3. The lowest BCUT2D eigenvalue weighted by molar-refractivity contribution is -0.150. The molecule has 0 spiro atoms. The van der Waals surface area contributed by atoms with E-state index in [1.807, 2.05) is 37.3 Å². The highest BCUT2D eigenvalue weighted by Crippen LogP contribution is 2.33. The zero-order valence-electron chi connectivity index (χ0n) is 18.3. The molecule has 0 saturated carbocycles. The zero-order chi connectivity index (χ0) is 21.6. The lowest BCUT2D eigenvalue weighted by Crippen LogP contribution is -2.60. The van der Waals surface area contributed by atoms with Gasteiger partial charge >= 0.3 is 5.97 Å². The standard InChI is InChI=1S/C25H34N2O3/c1-4-23(28)21-10-12-22(13-11-21)26-25(24(29)30-3)15-17-27(18-19(25)2)16-14-20-8-6-5-7-9-20/h5-13,19,23,26,28H,4,14-18H2,1-3H3. The smallest absolute Gasteiger partial charge is 0.331 e. The third-order valence-electron chi connectivity index (χ3n) is 6.35. The number of carbonyl (C=O) groups is 1. The third kappa shape index (κ3) is 5.02. The van der Waals surface area contributed by atoms with Gasteiger partial charge in [-0.05, 0) is 42.5 Å². The summed E-state index contributed by atoms with van der Waals surface area (Å²) in [7, 11) is 1.46. The topological polar surface area (TPSA) is 61.8 Å². The van der Waals surface area contributed by atoms with Crippen molar-refractivity contribution in [2.75, 3.05) is 32.1 Å². The summed E-state index contributed by atoms with van der Waals surface area (Å²) in [6.45, 7) is 6.73. The van der Waals surface area contributed by atoms with Gasteiger partial charge in [0.25, 0.3) is 0 Å². The number of hydrogen-bond acceptors (Lipinski definition) is 5. The van der Waals surface area contributed by atoms with Crippen LogP contribution in [0.5, 0.6) is 0 Å². The second kappa shape index (κ2) is 10.1. The highest BCUT2D eigenvalue weighted by atomic mass is 16.5. The van der Waals surface area contributed by atoms with E-state index in [0.717, 1.165) is 37.3 Å². The summed E-state index contributed by atoms with van der Waals surface area (Å²) in [6, 6.07) is 18.2. The van der Waals surface area contributed by atoms with Crippen LogP contribution in [0.2, 0.25) is 0 Å². The Balaban J connectivity index is 1.68. The SMILES string of the molecule is CCC(O)c1ccc(NC2(C(=O)OC)CCN(CCc3ccccc3)CC2C)cc1. The van der Waals surface area contributed by atoms with Crippen LogP contribution in [0.3, 0.4) is 0 Å². The average Bonchev–Trinajstić information content (AvgIpc) is 2.79. The first-order chi connectivity index (χ1) is 14.5. The fourth-order valence-corrected chi connectivity index (χ4v) is 4.35. The highest BCUT2D eigenvalue weighted by molar-refractivity contribution is 5.85. The Morgan fingerprint density at radius 2 is 1.93 bits per heavy atom. The second-order valence-corrected chi connectivity index (χ2v) is 8.32. The van der Waals surface area contributed by atoms with Crippen molar-refractivity contribution in [3.05, 3.63) is 65.7 Å². The van der Waals surface area contributed by atoms with Gasteiger partial charge < -0.3 is 20.1 Å². The number of esters is 1. The molecule has 1 aliphatic rings. The molecule has 0 aliphatic carbocycles. The van der Waals surface area contributed by atoms with Crippen LogP contribution in [-0.4, -0.2) is 48.3 Å². The number of aliphatic hydroxyl groups is 1. The second-order valence-electron chi connectivity index (χ2n) is 8.32. The van der Waals surface area contributed by atoms with Crippen molar-refractivity contribution < 1.29 is 14.6 Å². The number of piperidine rings is 1. The molecule has 3 unspecified atom stereocenters. The van der Waals surface area contributed by atoms with Gasteiger partial charge in [0.05, 0.1) is 13.2 Å². The van der Waals surface area contributed by atoms with Gasteiger partial charge in [0.1, 0.15) is 5.54 Å². The maximum Gasteiger partial charge on any atom is 0.331 e. The summed E-state index contributed by atoms with van der Waals surface area (Å²) in [4.78, 5) is 15.3. The number of aliphatic hydroxyl groups excluding tert-OH is 1. The minimum Gasteiger partial charge on any atom is -0.467 e. The fourth-order valence-electron chi connectivity index (χ4n) is 4.35. The van der Waals surface area contributed by atoms with Crippen LogP contribution < -0.4 is 5.32 Å². The molecule has 1 aliphatic heterocycles. The molecule has 0 radical (unpaired) electrons. The molecule has 5 heteroatoms. The van der Waals surface area contributed by atoms with Crippen molar-refractivity contribution in [1.29, 1.82) is 0 Å². The van der Waals surface area contributed by atoms with Gasteiger partial charge in [-0.15, -0.1) is 0 Å². The molecule has 1 fully saturated rings. The van der Waals surface area contributed by atoms with E-state index in [9.17, 15) is 9.90 Å². The molecule has 2 aromatic rings. The van der Waals surface area contributed by atoms with Crippen molar-refractivity contribution in [2.24, 2.45) is 5.92 Å². The molecule has 1 saturated heterocycles. The van der Waals surface area contributed by atoms with Crippen LogP contribution >= 0.6 is 0 Å². The molecular formula is C25H34N2O3. The number of nitrogens with zero attached hydrogens (tertiary/aromatic N) is 1. The molecule has 0 aromatic heterocycles. The summed E-state index contributed by atoms with van der Waals surface area (Å²) >= 11 is 0. The van der Waals surface area contributed by atoms with Crippen molar-refractivity contribution >= 4 is 11.7 Å². The Morgan fingerprint density at radius 3 is 2.53 bits per heavy atom. The number of carbonyl (C=O) groups excluding carboxylic acids is 1. The number of anilines is 1. The monoisotopic (exact) mass is 410 g/mol. The predicted octanol–water partition coefficient (Wildman–Crippen LogP) is 4.04. The number of benzene rings is 2. The summed E-state index contributed by atoms with van der Waals surface area (Å²) in [5.41, 5.74) is 2.35. The highest BCUT2D eigenvalue weighted by Gasteiger charge is 2.47. The third-order valence-corrected chi connectivity index (χ3v) is 6.35. The van der Waals surface area contributed by atoms with Crippen LogP contribution in [-0.2, 0) is 16.0 Å². The number of methoxy groups -OCH3 is 1. The molecule has 0 amide bonds. The molecule has 0 bridgehead atoms. The van der Waals surface area contributed by atoms with Gasteiger partial charge in [-0.2, -0.15) is 0 Å². The average molecular weight is 411 g/mol. The summed E-state index contributed by atoms with van der Waals surface area (Å²) < 4.78 is 5.22. The molecule has 3 rings (SSSR count). The maximum absolute atomic E-state index is 12.9. The Labute approximate surface area is 180 Å². The molecule has 3 atom stereocenters. The Hall–Kier alpha value is -2.37. The van der Waals surface area contributed by atoms with E-state index in [2.05, 4.69) is 41.4 Å². The van der Waals surface area contributed by atoms with E-state index in [-0.39, 0.29) is 11.9 Å². The number of hydrogen-bond donors (Lipinski definition) is 2. The van der Waals surface area contributed by atoms with Gasteiger partial charge in [-0.25, -0.2) is 4.79 Å². The number of rotatable bonds is 8. The zero-order valence-corrected chi connectivity index (χ0v) is 18.3. The van der Waals surface area contributed by atoms with Crippen molar-refractivity contribution in [1.82, 2.24) is 4.90 Å². The van der Waals surface area contributed by atoms with E-state index < -0.39 is 11.6 Å². The van der Waals surface area contributed by atoms with Crippen LogP contribution in [0.15, 0.2) is 54.6 Å². The number of nitrogens with one attached hydrogen (secondary N) is 1. The van der Waals surface area contributed by atoms with Crippen LogP contribution in [0.25, 0.3) is 0 Å². The van der Waals surface area contributed by atoms with Crippen LogP contribution in [0.1, 0.15) is 43.9 Å². The minimum absolute atomic E-state index is 0.0929. The predicted molar refractivity (Wildman–Crippen MR) is 120 cm³/mol. The Morgan fingerprint density at radius 1 is 1.23 bits per heavy atom. The molecule has 1 heterocycles. The molecule has 30 heavy (non-hydrogen) atoms. The molecule has 2 aromatic carbocycles. The number of likely N-dealkylation sites (tertiary alicyclic amines) is 1. The summed E-state index contributed by atoms with van der Waals surface area (Å²) in [5.74, 6) is -0.120. The largest absolute Gasteiger partial charge is 0.467 e. The van der Waals surface area contributed by atoms with Crippen molar-refractivity contribution in [3.8, 4) is 0 Å². The molecule has 162 valence electrons. The van der Waals surface area contributed by atoms with Crippen molar-refractivity contribution in [2.45, 2.75) is 44.8 Å². The van der Waals surface area contributed by atoms with Gasteiger partial charge in [-0.1, -0.05) is 56.3 Å². The van der Waals surface area contributed by atoms with E-state index in [1.165, 1.54) is 12.7 Å². The van der Waals surface area contributed by atoms with Crippen LogP contribution in [0, 0.1) is 5.92 Å². The van der Waals surface area contributed by atoms with E-state index in [0.29, 0.717) is 12.8 Å². The van der Waals surface area contributed by atoms with E-state index >= 15 is 0 Å². The first-order valence-electron chi connectivity index (χ1n) is 10.9. The lowest BCUT2D eigenvalue weighted by Gasteiger charge is -2.45. The Bertz CT molecular complexity index is 809. The summed E-state index contributed by atoms with van der Waals surface area (Å²) in [5, 5.41) is 13.5.